The summed E-state index contributed by atoms with van der Waals surface area (Å²) >= 11 is 0. The van der Waals surface area contributed by atoms with Gasteiger partial charge in [0.15, 0.2) is 0 Å². The fourth-order valence-corrected chi connectivity index (χ4v) is 1.75. The van der Waals surface area contributed by atoms with Crippen LogP contribution < -0.4 is 5.32 Å². The van der Waals surface area contributed by atoms with Crippen molar-refractivity contribution in [3.8, 4) is 0 Å². The van der Waals surface area contributed by atoms with E-state index in [0.29, 0.717) is 11.3 Å². The fraction of sp³-hybridized carbons (Fsp3) is 0.231. The zero-order chi connectivity index (χ0) is 15.5. The lowest BCUT2D eigenvalue weighted by atomic mass is 10.1. The Kier molecular flexibility index (Phi) is 4.27. The summed E-state index contributed by atoms with van der Waals surface area (Å²) in [6, 6.07) is 7.61. The highest BCUT2D eigenvalue weighted by atomic mass is 19.4. The van der Waals surface area contributed by atoms with E-state index in [4.69, 9.17) is 4.42 Å². The SMILES string of the molecule is O=[N+]([O-])c1ccc(CNCc2cccc(C(F)(F)F)c2)o1. The smallest absolute Gasteiger partial charge is 0.404 e. The second-order valence-corrected chi connectivity index (χ2v) is 4.30. The molecule has 0 saturated carbocycles. The van der Waals surface area contributed by atoms with E-state index in [1.54, 1.807) is 6.07 Å². The molecule has 0 bridgehead atoms. The topological polar surface area (TPSA) is 68.3 Å². The molecule has 21 heavy (non-hydrogen) atoms. The Morgan fingerprint density at radius 3 is 2.57 bits per heavy atom. The lowest BCUT2D eigenvalue weighted by Crippen LogP contribution is -2.13. The van der Waals surface area contributed by atoms with Gasteiger partial charge in [-0.2, -0.15) is 13.2 Å². The van der Waals surface area contributed by atoms with Crippen molar-refractivity contribution in [1.82, 2.24) is 5.32 Å². The number of hydrogen-bond acceptors (Lipinski definition) is 4. The second kappa shape index (κ2) is 5.96. The van der Waals surface area contributed by atoms with Crippen LogP contribution in [0.25, 0.3) is 0 Å². The van der Waals surface area contributed by atoms with Gasteiger partial charge in [-0.25, -0.2) is 0 Å². The van der Waals surface area contributed by atoms with E-state index in [2.05, 4.69) is 5.32 Å². The van der Waals surface area contributed by atoms with Crippen molar-refractivity contribution < 1.29 is 22.5 Å². The summed E-state index contributed by atoms with van der Waals surface area (Å²) in [4.78, 5) is 9.77. The molecule has 0 unspecified atom stereocenters. The Labute approximate surface area is 117 Å². The first kappa shape index (κ1) is 15.0. The minimum atomic E-state index is -4.38. The number of benzene rings is 1. The third-order valence-corrected chi connectivity index (χ3v) is 2.71. The second-order valence-electron chi connectivity index (χ2n) is 4.30. The van der Waals surface area contributed by atoms with Gasteiger partial charge in [0.05, 0.1) is 18.2 Å². The molecule has 1 N–H and O–H groups in total. The van der Waals surface area contributed by atoms with Crippen molar-refractivity contribution in [2.45, 2.75) is 19.3 Å². The number of furan rings is 1. The van der Waals surface area contributed by atoms with Gasteiger partial charge in [0.25, 0.3) is 0 Å². The summed E-state index contributed by atoms with van der Waals surface area (Å²) in [6.45, 7) is 0.377. The van der Waals surface area contributed by atoms with Crippen LogP contribution in [0.2, 0.25) is 0 Å². The molecule has 2 rings (SSSR count). The molecule has 0 fully saturated rings. The maximum absolute atomic E-state index is 12.5. The summed E-state index contributed by atoms with van der Waals surface area (Å²) in [5, 5.41) is 13.3. The predicted octanol–water partition coefficient (Wildman–Crippen LogP) is 3.50. The molecule has 0 spiro atoms. The van der Waals surface area contributed by atoms with Gasteiger partial charge in [-0.15, -0.1) is 0 Å². The van der Waals surface area contributed by atoms with Gasteiger partial charge in [-0.1, -0.05) is 18.2 Å². The summed E-state index contributed by atoms with van der Waals surface area (Å²) in [6.07, 6.45) is -4.38. The number of hydrogen-bond donors (Lipinski definition) is 1. The van der Waals surface area contributed by atoms with Gasteiger partial charge in [-0.05, 0) is 17.7 Å². The molecule has 8 heteroatoms. The van der Waals surface area contributed by atoms with Crippen LogP contribution in [0.15, 0.2) is 40.8 Å². The van der Waals surface area contributed by atoms with Crippen molar-refractivity contribution in [3.63, 3.8) is 0 Å². The lowest BCUT2D eigenvalue weighted by molar-refractivity contribution is -0.402. The largest absolute Gasteiger partial charge is 0.433 e. The zero-order valence-corrected chi connectivity index (χ0v) is 10.7. The Balaban J connectivity index is 1.92. The number of halogens is 3. The Morgan fingerprint density at radius 1 is 1.19 bits per heavy atom. The van der Waals surface area contributed by atoms with Crippen LogP contribution >= 0.6 is 0 Å². The molecule has 1 aromatic carbocycles. The van der Waals surface area contributed by atoms with Gasteiger partial charge < -0.3 is 9.73 Å². The summed E-state index contributed by atoms with van der Waals surface area (Å²) in [5.41, 5.74) is -0.249. The van der Waals surface area contributed by atoms with Crippen LogP contribution in [0.5, 0.6) is 0 Å². The van der Waals surface area contributed by atoms with Crippen molar-refractivity contribution >= 4 is 5.88 Å². The highest BCUT2D eigenvalue weighted by Crippen LogP contribution is 2.29. The molecule has 0 atom stereocenters. The van der Waals surface area contributed by atoms with E-state index in [1.807, 2.05) is 0 Å². The van der Waals surface area contributed by atoms with Gasteiger partial charge >= 0.3 is 12.1 Å². The van der Waals surface area contributed by atoms with Crippen molar-refractivity contribution in [3.05, 3.63) is 63.4 Å². The van der Waals surface area contributed by atoms with Crippen LogP contribution in [0.4, 0.5) is 19.1 Å². The van der Waals surface area contributed by atoms with Crippen LogP contribution in [0, 0.1) is 10.1 Å². The third-order valence-electron chi connectivity index (χ3n) is 2.71. The van der Waals surface area contributed by atoms with Gasteiger partial charge in [-0.3, -0.25) is 10.1 Å². The van der Waals surface area contributed by atoms with E-state index < -0.39 is 16.7 Å². The molecule has 1 heterocycles. The summed E-state index contributed by atoms with van der Waals surface area (Å²) in [7, 11) is 0. The fourth-order valence-electron chi connectivity index (χ4n) is 1.75. The number of nitrogens with one attached hydrogen (secondary N) is 1. The molecule has 5 nitrogen and oxygen atoms in total. The van der Waals surface area contributed by atoms with E-state index in [9.17, 15) is 23.3 Å². The molecule has 0 saturated heterocycles. The van der Waals surface area contributed by atoms with Gasteiger partial charge in [0.1, 0.15) is 10.7 Å². The molecule has 0 aliphatic heterocycles. The van der Waals surface area contributed by atoms with Crippen LogP contribution in [-0.2, 0) is 19.3 Å². The highest BCUT2D eigenvalue weighted by molar-refractivity contribution is 5.25. The van der Waals surface area contributed by atoms with Crippen molar-refractivity contribution in [2.75, 3.05) is 0 Å². The zero-order valence-electron chi connectivity index (χ0n) is 10.7. The van der Waals surface area contributed by atoms with Gasteiger partial charge in [0.2, 0.25) is 0 Å². The average molecular weight is 300 g/mol. The molecule has 112 valence electrons. The number of nitrogens with zero attached hydrogens (tertiary/aromatic N) is 1. The van der Waals surface area contributed by atoms with E-state index in [-0.39, 0.29) is 19.0 Å². The molecule has 1 aromatic heterocycles. The molecule has 0 radical (unpaired) electrons. The Hall–Kier alpha value is -2.35. The maximum atomic E-state index is 12.5. The maximum Gasteiger partial charge on any atom is 0.433 e. The van der Waals surface area contributed by atoms with Gasteiger partial charge in [0, 0.05) is 6.54 Å². The van der Waals surface area contributed by atoms with E-state index in [0.717, 1.165) is 12.1 Å². The number of rotatable bonds is 5. The molecule has 0 amide bonds. The highest BCUT2D eigenvalue weighted by Gasteiger charge is 2.30. The van der Waals surface area contributed by atoms with Crippen molar-refractivity contribution in [2.24, 2.45) is 0 Å². The van der Waals surface area contributed by atoms with Crippen molar-refractivity contribution in [1.29, 1.82) is 0 Å². The van der Waals surface area contributed by atoms with Crippen LogP contribution in [0.1, 0.15) is 16.9 Å². The first-order chi connectivity index (χ1) is 9.86. The molecule has 0 aliphatic rings. The first-order valence-electron chi connectivity index (χ1n) is 5.96. The molecule has 2 aromatic rings. The number of nitro groups is 1. The minimum Gasteiger partial charge on any atom is -0.404 e. The van der Waals surface area contributed by atoms with Crippen LogP contribution in [-0.4, -0.2) is 4.92 Å². The summed E-state index contributed by atoms with van der Waals surface area (Å²) < 4.78 is 42.5. The number of alkyl halides is 3. The molecule has 0 aliphatic carbocycles. The third kappa shape index (κ3) is 4.06. The normalized spacial score (nSPS) is 11.6. The van der Waals surface area contributed by atoms with E-state index in [1.165, 1.54) is 18.2 Å². The van der Waals surface area contributed by atoms with E-state index >= 15 is 0 Å². The summed E-state index contributed by atoms with van der Waals surface area (Å²) in [5.74, 6) is -0.0282. The first-order valence-corrected chi connectivity index (χ1v) is 5.96. The van der Waals surface area contributed by atoms with Crippen LogP contribution in [0.3, 0.4) is 0 Å². The minimum absolute atomic E-state index is 0.185. The Morgan fingerprint density at radius 2 is 1.95 bits per heavy atom. The monoisotopic (exact) mass is 300 g/mol. The molecular formula is C13H11F3N2O3. The lowest BCUT2D eigenvalue weighted by Gasteiger charge is -2.09. The Bertz CT molecular complexity index is 638. The standard InChI is InChI=1S/C13H11F3N2O3/c14-13(15,16)10-3-1-2-9(6-10)7-17-8-11-4-5-12(21-11)18(19)20/h1-6,17H,7-8H2. The predicted molar refractivity (Wildman–Crippen MR) is 67.4 cm³/mol. The average Bonchev–Trinajstić information content (AvgIpc) is 2.87. The molecular weight excluding hydrogens is 289 g/mol. The quantitative estimate of drug-likeness (QED) is 0.678.